The Bertz CT molecular complexity index is 901. The Morgan fingerprint density at radius 2 is 1.96 bits per heavy atom. The number of fused-ring (bicyclic) bond motifs is 1. The number of nitrogens with zero attached hydrogens (tertiary/aromatic N) is 1. The van der Waals surface area contributed by atoms with Gasteiger partial charge in [0.2, 0.25) is 15.9 Å². The van der Waals surface area contributed by atoms with Crippen LogP contribution in [0.25, 0.3) is 0 Å². The number of nitrogens with one attached hydrogen (secondary N) is 2. The van der Waals surface area contributed by atoms with Crippen molar-refractivity contribution in [3.8, 4) is 0 Å². The molecule has 26 heavy (non-hydrogen) atoms. The molecule has 1 aliphatic carbocycles. The molecule has 0 saturated heterocycles. The number of hydrogen-bond acceptors (Lipinski definition) is 5. The van der Waals surface area contributed by atoms with E-state index in [0.29, 0.717) is 0 Å². The van der Waals surface area contributed by atoms with E-state index in [2.05, 4.69) is 27.3 Å². The minimum atomic E-state index is -3.88. The lowest BCUT2D eigenvalue weighted by Crippen LogP contribution is -2.49. The van der Waals surface area contributed by atoms with Gasteiger partial charge in [0.25, 0.3) is 0 Å². The lowest BCUT2D eigenvalue weighted by atomic mass is 9.88. The van der Waals surface area contributed by atoms with Crippen LogP contribution in [0.15, 0.2) is 33.7 Å². The van der Waals surface area contributed by atoms with Crippen LogP contribution in [0, 0.1) is 13.8 Å². The Balaban J connectivity index is 1.64. The fourth-order valence-corrected chi connectivity index (χ4v) is 4.88. The van der Waals surface area contributed by atoms with Gasteiger partial charge in [-0.05, 0) is 51.2 Å². The molecule has 1 heterocycles. The molecule has 2 N–H and O–H groups in total. The Hall–Kier alpha value is -2.19. The van der Waals surface area contributed by atoms with Gasteiger partial charge in [-0.2, -0.15) is 4.72 Å². The van der Waals surface area contributed by atoms with Gasteiger partial charge in [-0.1, -0.05) is 29.4 Å². The van der Waals surface area contributed by atoms with Crippen LogP contribution in [0.4, 0.5) is 0 Å². The number of carbonyl (C=O) groups is 1. The number of aryl methyl sites for hydroxylation is 3. The molecule has 1 aliphatic rings. The van der Waals surface area contributed by atoms with E-state index >= 15 is 0 Å². The molecule has 3 rings (SSSR count). The number of hydrogen-bond donors (Lipinski definition) is 2. The number of benzene rings is 1. The van der Waals surface area contributed by atoms with Gasteiger partial charge in [-0.25, -0.2) is 8.42 Å². The first-order chi connectivity index (χ1) is 12.3. The maximum absolute atomic E-state index is 12.5. The average Bonchev–Trinajstić information content (AvgIpc) is 2.93. The second-order valence-electron chi connectivity index (χ2n) is 6.71. The van der Waals surface area contributed by atoms with Gasteiger partial charge in [0.15, 0.2) is 5.76 Å². The molecule has 2 aromatic rings. The predicted molar refractivity (Wildman–Crippen MR) is 96.2 cm³/mol. The summed E-state index contributed by atoms with van der Waals surface area (Å²) in [5.41, 5.74) is 2.81. The summed E-state index contributed by atoms with van der Waals surface area (Å²) in [5.74, 6) is -0.142. The molecule has 1 aromatic carbocycles. The van der Waals surface area contributed by atoms with E-state index < -0.39 is 16.1 Å². The molecule has 0 spiro atoms. The van der Waals surface area contributed by atoms with E-state index in [9.17, 15) is 13.2 Å². The minimum absolute atomic E-state index is 0.00317. The molecule has 2 atom stereocenters. The molecule has 140 valence electrons. The van der Waals surface area contributed by atoms with Crippen molar-refractivity contribution >= 4 is 15.9 Å². The van der Waals surface area contributed by atoms with Gasteiger partial charge < -0.3 is 9.84 Å². The molecule has 1 unspecified atom stereocenters. The smallest absolute Gasteiger partial charge is 0.246 e. The highest BCUT2D eigenvalue weighted by atomic mass is 32.2. The van der Waals surface area contributed by atoms with Crippen molar-refractivity contribution in [1.82, 2.24) is 15.2 Å². The number of sulfonamides is 1. The first-order valence-corrected chi connectivity index (χ1v) is 10.1. The molecular weight excluding hydrogens is 354 g/mol. The lowest BCUT2D eigenvalue weighted by Gasteiger charge is -2.26. The summed E-state index contributed by atoms with van der Waals surface area (Å²) in [6.07, 6.45) is 2.50. The van der Waals surface area contributed by atoms with Crippen molar-refractivity contribution in [2.24, 2.45) is 0 Å². The van der Waals surface area contributed by atoms with Gasteiger partial charge in [0, 0.05) is 6.04 Å². The third-order valence-corrected chi connectivity index (χ3v) is 6.44. The summed E-state index contributed by atoms with van der Waals surface area (Å²) < 4.78 is 32.3. The molecule has 1 aromatic heterocycles. The van der Waals surface area contributed by atoms with Crippen LogP contribution in [-0.2, 0) is 27.7 Å². The Morgan fingerprint density at radius 3 is 2.62 bits per heavy atom. The number of aromatic nitrogens is 1. The average molecular weight is 377 g/mol. The number of rotatable bonds is 5. The fraction of sp³-hybridized carbons (Fsp3) is 0.444. The molecule has 0 aliphatic heterocycles. The second-order valence-corrected chi connectivity index (χ2v) is 8.36. The molecule has 0 bridgehead atoms. The molecule has 8 heteroatoms. The van der Waals surface area contributed by atoms with Crippen LogP contribution in [0.2, 0.25) is 0 Å². The summed E-state index contributed by atoms with van der Waals surface area (Å²) in [4.78, 5) is 12.5. The molecule has 7 nitrogen and oxygen atoms in total. The van der Waals surface area contributed by atoms with Crippen molar-refractivity contribution in [3.63, 3.8) is 0 Å². The van der Waals surface area contributed by atoms with Crippen molar-refractivity contribution in [3.05, 3.63) is 46.8 Å². The number of carbonyl (C=O) groups excluding carboxylic acids is 1. The normalized spacial score (nSPS) is 18.2. The van der Waals surface area contributed by atoms with E-state index in [-0.39, 0.29) is 28.3 Å². The third-order valence-electron chi connectivity index (χ3n) is 4.66. The SMILES string of the molecule is Cc1noc(C)c1S(=O)(=O)N[C@@H](C)C(=O)NC1CCc2ccccc2C1. The van der Waals surface area contributed by atoms with Crippen LogP contribution in [0.5, 0.6) is 0 Å². The topological polar surface area (TPSA) is 101 Å². The maximum Gasteiger partial charge on any atom is 0.246 e. The van der Waals surface area contributed by atoms with E-state index in [4.69, 9.17) is 4.52 Å². The van der Waals surface area contributed by atoms with E-state index in [1.165, 1.54) is 25.0 Å². The molecule has 0 radical (unpaired) electrons. The van der Waals surface area contributed by atoms with Crippen LogP contribution in [0.1, 0.15) is 35.9 Å². The van der Waals surface area contributed by atoms with E-state index in [1.54, 1.807) is 6.92 Å². The fourth-order valence-electron chi connectivity index (χ4n) is 3.35. The standard InChI is InChI=1S/C18H23N3O4S/c1-11-17(13(3)25-20-11)26(23,24)21-12(2)18(22)19-16-9-8-14-6-4-5-7-15(14)10-16/h4-7,12,16,21H,8-10H2,1-3H3,(H,19,22)/t12-,16?/m0/s1. The van der Waals surface area contributed by atoms with Crippen LogP contribution in [0.3, 0.4) is 0 Å². The second kappa shape index (κ2) is 7.20. The zero-order valence-electron chi connectivity index (χ0n) is 15.1. The predicted octanol–water partition coefficient (Wildman–Crippen LogP) is 1.63. The summed E-state index contributed by atoms with van der Waals surface area (Å²) in [6.45, 7) is 4.61. The summed E-state index contributed by atoms with van der Waals surface area (Å²) in [7, 11) is -3.88. The highest BCUT2D eigenvalue weighted by molar-refractivity contribution is 7.89. The minimum Gasteiger partial charge on any atom is -0.360 e. The summed E-state index contributed by atoms with van der Waals surface area (Å²) >= 11 is 0. The zero-order valence-corrected chi connectivity index (χ0v) is 15.9. The zero-order chi connectivity index (χ0) is 18.9. The van der Waals surface area contributed by atoms with Crippen molar-refractivity contribution < 1.29 is 17.7 Å². The van der Waals surface area contributed by atoms with Gasteiger partial charge in [-0.3, -0.25) is 4.79 Å². The first kappa shape index (κ1) is 18.6. The quantitative estimate of drug-likeness (QED) is 0.825. The summed E-state index contributed by atoms with van der Waals surface area (Å²) in [6, 6.07) is 7.28. The van der Waals surface area contributed by atoms with Crippen molar-refractivity contribution in [2.75, 3.05) is 0 Å². The van der Waals surface area contributed by atoms with Crippen LogP contribution < -0.4 is 10.0 Å². The van der Waals surface area contributed by atoms with Crippen LogP contribution in [-0.4, -0.2) is 31.6 Å². The Labute approximate surface area is 153 Å². The van der Waals surface area contributed by atoms with Gasteiger partial charge in [0.1, 0.15) is 10.6 Å². The van der Waals surface area contributed by atoms with E-state index in [0.717, 1.165) is 19.3 Å². The summed E-state index contributed by atoms with van der Waals surface area (Å²) in [5, 5.41) is 6.61. The van der Waals surface area contributed by atoms with Crippen molar-refractivity contribution in [1.29, 1.82) is 0 Å². The molecule has 0 saturated carbocycles. The highest BCUT2D eigenvalue weighted by Gasteiger charge is 2.29. The monoisotopic (exact) mass is 377 g/mol. The van der Waals surface area contributed by atoms with Crippen LogP contribution >= 0.6 is 0 Å². The molecular formula is C18H23N3O4S. The van der Waals surface area contributed by atoms with Gasteiger partial charge in [0.05, 0.1) is 6.04 Å². The highest BCUT2D eigenvalue weighted by Crippen LogP contribution is 2.21. The largest absolute Gasteiger partial charge is 0.360 e. The van der Waals surface area contributed by atoms with Crippen molar-refractivity contribution in [2.45, 2.75) is 57.0 Å². The van der Waals surface area contributed by atoms with E-state index in [1.807, 2.05) is 12.1 Å². The Kier molecular flexibility index (Phi) is 5.15. The molecule has 0 fully saturated rings. The van der Waals surface area contributed by atoms with Gasteiger partial charge >= 0.3 is 0 Å². The molecule has 1 amide bonds. The number of amides is 1. The third kappa shape index (κ3) is 3.81. The first-order valence-electron chi connectivity index (χ1n) is 8.60. The maximum atomic E-state index is 12.5. The lowest BCUT2D eigenvalue weighted by molar-refractivity contribution is -0.123. The van der Waals surface area contributed by atoms with Gasteiger partial charge in [-0.15, -0.1) is 0 Å². The Morgan fingerprint density at radius 1 is 1.27 bits per heavy atom.